The Balaban J connectivity index is 2.11. The predicted octanol–water partition coefficient (Wildman–Crippen LogP) is 3.11. The van der Waals surface area contributed by atoms with Crippen LogP contribution >= 0.6 is 0 Å². The maximum Gasteiger partial charge on any atom is 0.237 e. The molecule has 0 bridgehead atoms. The van der Waals surface area contributed by atoms with Gasteiger partial charge in [-0.25, -0.2) is 4.98 Å². The predicted molar refractivity (Wildman–Crippen MR) is 82.3 cm³/mol. The monoisotopic (exact) mass is 288 g/mol. The van der Waals surface area contributed by atoms with Gasteiger partial charge in [0.25, 0.3) is 0 Å². The van der Waals surface area contributed by atoms with Crippen molar-refractivity contribution in [3.05, 3.63) is 42.1 Å². The number of aromatic nitrogens is 1. The Morgan fingerprint density at radius 1 is 1.10 bits per heavy atom. The van der Waals surface area contributed by atoms with Gasteiger partial charge in [-0.2, -0.15) is 0 Å². The Kier molecular flexibility index (Phi) is 5.26. The summed E-state index contributed by atoms with van der Waals surface area (Å²) in [6.45, 7) is 3.20. The number of rotatable bonds is 7. The zero-order valence-corrected chi connectivity index (χ0v) is 12.6. The van der Waals surface area contributed by atoms with Crippen molar-refractivity contribution < 1.29 is 14.2 Å². The maximum atomic E-state index is 5.58. The molecular formula is C16H20N2O3. The summed E-state index contributed by atoms with van der Waals surface area (Å²) in [5.74, 6) is 2.06. The van der Waals surface area contributed by atoms with Crippen molar-refractivity contribution in [3.8, 4) is 17.4 Å². The summed E-state index contributed by atoms with van der Waals surface area (Å²) in [6, 6.07) is 9.67. The van der Waals surface area contributed by atoms with E-state index in [1.54, 1.807) is 20.4 Å². The first-order valence-corrected chi connectivity index (χ1v) is 6.81. The molecule has 2 rings (SSSR count). The Morgan fingerprint density at radius 2 is 1.95 bits per heavy atom. The molecule has 0 unspecified atom stereocenters. The van der Waals surface area contributed by atoms with Gasteiger partial charge in [-0.15, -0.1) is 0 Å². The first-order valence-electron chi connectivity index (χ1n) is 6.81. The number of hydrogen-bond acceptors (Lipinski definition) is 5. The zero-order valence-electron chi connectivity index (χ0n) is 12.6. The van der Waals surface area contributed by atoms with Crippen LogP contribution in [0.2, 0.25) is 0 Å². The molecule has 0 amide bonds. The molecule has 112 valence electrons. The number of nitrogens with zero attached hydrogens (tertiary/aromatic N) is 1. The molecule has 21 heavy (non-hydrogen) atoms. The summed E-state index contributed by atoms with van der Waals surface area (Å²) in [7, 11) is 3.24. The zero-order chi connectivity index (χ0) is 15.1. The minimum atomic E-state index is 0.580. The van der Waals surface area contributed by atoms with Crippen LogP contribution in [0.15, 0.2) is 36.5 Å². The third-order valence-electron chi connectivity index (χ3n) is 2.98. The van der Waals surface area contributed by atoms with Gasteiger partial charge in [-0.3, -0.25) is 0 Å². The smallest absolute Gasteiger partial charge is 0.237 e. The number of benzene rings is 1. The second kappa shape index (κ2) is 7.38. The van der Waals surface area contributed by atoms with Crippen molar-refractivity contribution in [2.24, 2.45) is 0 Å². The molecule has 0 aliphatic rings. The SMILES string of the molecule is CCOc1cc(CNc2cccnc2OC)ccc1OC. The lowest BCUT2D eigenvalue weighted by Crippen LogP contribution is -2.03. The van der Waals surface area contributed by atoms with Gasteiger partial charge in [0.2, 0.25) is 5.88 Å². The first kappa shape index (κ1) is 15.0. The van der Waals surface area contributed by atoms with E-state index in [0.29, 0.717) is 19.0 Å². The molecular weight excluding hydrogens is 268 g/mol. The molecule has 0 spiro atoms. The fourth-order valence-electron chi connectivity index (χ4n) is 1.98. The second-order valence-corrected chi connectivity index (χ2v) is 4.33. The highest BCUT2D eigenvalue weighted by atomic mass is 16.5. The van der Waals surface area contributed by atoms with E-state index in [-0.39, 0.29) is 0 Å². The number of pyridine rings is 1. The lowest BCUT2D eigenvalue weighted by molar-refractivity contribution is 0.310. The number of methoxy groups -OCH3 is 2. The Bertz CT molecular complexity index is 587. The molecule has 0 fully saturated rings. The second-order valence-electron chi connectivity index (χ2n) is 4.33. The molecule has 1 N–H and O–H groups in total. The average molecular weight is 288 g/mol. The van der Waals surface area contributed by atoms with Crippen LogP contribution in [0.5, 0.6) is 17.4 Å². The van der Waals surface area contributed by atoms with E-state index in [1.807, 2.05) is 37.3 Å². The highest BCUT2D eigenvalue weighted by molar-refractivity contribution is 5.53. The fourth-order valence-corrected chi connectivity index (χ4v) is 1.98. The van der Waals surface area contributed by atoms with E-state index >= 15 is 0 Å². The molecule has 0 saturated carbocycles. The minimum absolute atomic E-state index is 0.580. The van der Waals surface area contributed by atoms with Gasteiger partial charge in [0.1, 0.15) is 0 Å². The molecule has 0 aliphatic carbocycles. The summed E-state index contributed by atoms with van der Waals surface area (Å²) in [4.78, 5) is 4.15. The first-order chi connectivity index (χ1) is 10.3. The molecule has 0 atom stereocenters. The van der Waals surface area contributed by atoms with Gasteiger partial charge in [-0.05, 0) is 36.8 Å². The maximum absolute atomic E-state index is 5.58. The molecule has 1 heterocycles. The molecule has 1 aromatic heterocycles. The third-order valence-corrected chi connectivity index (χ3v) is 2.98. The summed E-state index contributed by atoms with van der Waals surface area (Å²) in [6.07, 6.45) is 1.70. The minimum Gasteiger partial charge on any atom is -0.493 e. The van der Waals surface area contributed by atoms with Crippen molar-refractivity contribution in [3.63, 3.8) is 0 Å². The average Bonchev–Trinajstić information content (AvgIpc) is 2.53. The number of hydrogen-bond donors (Lipinski definition) is 1. The van der Waals surface area contributed by atoms with Crippen molar-refractivity contribution in [2.75, 3.05) is 26.1 Å². The van der Waals surface area contributed by atoms with Crippen molar-refractivity contribution >= 4 is 5.69 Å². The standard InChI is InChI=1S/C16H20N2O3/c1-4-21-15-10-12(7-8-14(15)19-2)11-18-13-6-5-9-17-16(13)20-3/h5-10,18H,4,11H2,1-3H3. The summed E-state index contributed by atoms with van der Waals surface area (Å²) in [5.41, 5.74) is 1.94. The summed E-state index contributed by atoms with van der Waals surface area (Å²) in [5, 5.41) is 3.30. The Labute approximate surface area is 124 Å². The fraction of sp³-hybridized carbons (Fsp3) is 0.312. The number of nitrogens with one attached hydrogen (secondary N) is 1. The summed E-state index contributed by atoms with van der Waals surface area (Å²) < 4.78 is 16.1. The summed E-state index contributed by atoms with van der Waals surface area (Å²) >= 11 is 0. The molecule has 1 aromatic carbocycles. The molecule has 0 radical (unpaired) electrons. The van der Waals surface area contributed by atoms with Crippen molar-refractivity contribution in [1.82, 2.24) is 4.98 Å². The van der Waals surface area contributed by atoms with Gasteiger partial charge in [0.05, 0.1) is 26.5 Å². The molecule has 2 aromatic rings. The van der Waals surface area contributed by atoms with Crippen molar-refractivity contribution in [1.29, 1.82) is 0 Å². The van der Waals surface area contributed by atoms with Gasteiger partial charge in [0.15, 0.2) is 11.5 Å². The quantitative estimate of drug-likeness (QED) is 0.848. The van der Waals surface area contributed by atoms with E-state index in [0.717, 1.165) is 22.7 Å². The van der Waals surface area contributed by atoms with E-state index < -0.39 is 0 Å². The van der Waals surface area contributed by atoms with Crippen LogP contribution in [0.25, 0.3) is 0 Å². The third kappa shape index (κ3) is 3.78. The van der Waals surface area contributed by atoms with Crippen LogP contribution in [0, 0.1) is 0 Å². The molecule has 5 heteroatoms. The van der Waals surface area contributed by atoms with E-state index in [2.05, 4.69) is 10.3 Å². The number of anilines is 1. The van der Waals surface area contributed by atoms with Crippen LogP contribution < -0.4 is 19.5 Å². The molecule has 0 aliphatic heterocycles. The van der Waals surface area contributed by atoms with E-state index in [9.17, 15) is 0 Å². The normalized spacial score (nSPS) is 10.0. The van der Waals surface area contributed by atoms with Crippen LogP contribution in [0.1, 0.15) is 12.5 Å². The van der Waals surface area contributed by atoms with Gasteiger partial charge < -0.3 is 19.5 Å². The van der Waals surface area contributed by atoms with Gasteiger partial charge in [0, 0.05) is 12.7 Å². The van der Waals surface area contributed by atoms with Crippen LogP contribution in [-0.4, -0.2) is 25.8 Å². The lowest BCUT2D eigenvalue weighted by Gasteiger charge is -2.13. The molecule has 5 nitrogen and oxygen atoms in total. The van der Waals surface area contributed by atoms with Gasteiger partial charge in [-0.1, -0.05) is 6.07 Å². The molecule has 0 saturated heterocycles. The van der Waals surface area contributed by atoms with Crippen LogP contribution in [0.3, 0.4) is 0 Å². The Hall–Kier alpha value is -2.43. The van der Waals surface area contributed by atoms with E-state index in [1.165, 1.54) is 0 Å². The van der Waals surface area contributed by atoms with E-state index in [4.69, 9.17) is 14.2 Å². The lowest BCUT2D eigenvalue weighted by atomic mass is 10.2. The van der Waals surface area contributed by atoms with Crippen LogP contribution in [0.4, 0.5) is 5.69 Å². The van der Waals surface area contributed by atoms with Gasteiger partial charge >= 0.3 is 0 Å². The Morgan fingerprint density at radius 3 is 2.67 bits per heavy atom. The highest BCUT2D eigenvalue weighted by Gasteiger charge is 2.07. The topological polar surface area (TPSA) is 52.6 Å². The van der Waals surface area contributed by atoms with Crippen LogP contribution in [-0.2, 0) is 6.54 Å². The largest absolute Gasteiger partial charge is 0.493 e. The number of ether oxygens (including phenoxy) is 3. The van der Waals surface area contributed by atoms with Crippen molar-refractivity contribution in [2.45, 2.75) is 13.5 Å². The highest BCUT2D eigenvalue weighted by Crippen LogP contribution is 2.29.